The average Bonchev–Trinajstić information content (AvgIpc) is 3.36. The number of nitrogens with zero attached hydrogens (tertiary/aromatic N) is 1. The van der Waals surface area contributed by atoms with Crippen LogP contribution in [0.5, 0.6) is 0 Å². The molecule has 0 aliphatic rings. The van der Waals surface area contributed by atoms with E-state index in [0.717, 1.165) is 15.6 Å². The van der Waals surface area contributed by atoms with Crippen LogP contribution >= 0.6 is 11.3 Å². The zero-order valence-electron chi connectivity index (χ0n) is 19.9. The minimum Gasteiger partial charge on any atom is -0.449 e. The molecule has 3 rings (SSSR count). The first-order valence-electron chi connectivity index (χ1n) is 10.5. The lowest BCUT2D eigenvalue weighted by Crippen LogP contribution is -2.30. The molecule has 1 amide bonds. The fraction of sp³-hybridized carbons (Fsp3) is 0.217. The van der Waals surface area contributed by atoms with Gasteiger partial charge in [-0.15, -0.1) is 11.3 Å². The first-order chi connectivity index (χ1) is 16.8. The van der Waals surface area contributed by atoms with Crippen molar-refractivity contribution in [2.45, 2.75) is 29.1 Å². The Morgan fingerprint density at radius 3 is 2.31 bits per heavy atom. The van der Waals surface area contributed by atoms with Crippen molar-refractivity contribution < 1.29 is 31.2 Å². The van der Waals surface area contributed by atoms with Crippen molar-refractivity contribution in [3.05, 3.63) is 71.1 Å². The summed E-state index contributed by atoms with van der Waals surface area (Å²) in [6, 6.07) is 13.2. The van der Waals surface area contributed by atoms with Gasteiger partial charge in [-0.2, -0.15) is 0 Å². The van der Waals surface area contributed by atoms with Gasteiger partial charge in [-0.25, -0.2) is 25.9 Å². The molecular weight excluding hydrogens is 526 g/mol. The molecule has 3 aromatic rings. The molecule has 1 aromatic heterocycles. The molecule has 10 nitrogen and oxygen atoms in total. The second-order valence-electron chi connectivity index (χ2n) is 7.88. The van der Waals surface area contributed by atoms with Crippen LogP contribution in [0.2, 0.25) is 0 Å². The number of esters is 1. The lowest BCUT2D eigenvalue weighted by Gasteiger charge is -2.17. The molecule has 0 saturated heterocycles. The van der Waals surface area contributed by atoms with Gasteiger partial charge in [-0.1, -0.05) is 24.3 Å². The number of hydrogen-bond acceptors (Lipinski definition) is 8. The number of hydrogen-bond donors (Lipinski definition) is 2. The molecule has 0 unspecified atom stereocenters. The molecule has 192 valence electrons. The van der Waals surface area contributed by atoms with Crippen molar-refractivity contribution in [3.63, 3.8) is 0 Å². The standard InChI is InChI=1S/C23H25N3O7S3/c1-15-11-12-17(36(31,32)26(3)4)14-20(15)24-22(27)16(2)33-23(28)18-8-5-6-9-19(18)25-35(29,30)21-10-7-13-34-21/h5-14,16,25H,1-4H3,(H,24,27)/t16-/m0/s1. The van der Waals surface area contributed by atoms with Crippen LogP contribution in [0.3, 0.4) is 0 Å². The molecule has 2 N–H and O–H groups in total. The number of rotatable bonds is 9. The Labute approximate surface area is 214 Å². The number of para-hydroxylation sites is 1. The van der Waals surface area contributed by atoms with E-state index in [0.29, 0.717) is 5.56 Å². The molecule has 1 heterocycles. The van der Waals surface area contributed by atoms with E-state index in [1.807, 2.05) is 0 Å². The number of ether oxygens (including phenoxy) is 1. The summed E-state index contributed by atoms with van der Waals surface area (Å²) in [5, 5.41) is 4.19. The molecule has 0 spiro atoms. The van der Waals surface area contributed by atoms with Gasteiger partial charge in [-0.05, 0) is 55.1 Å². The second-order valence-corrected chi connectivity index (χ2v) is 12.9. The molecule has 0 saturated carbocycles. The van der Waals surface area contributed by atoms with Crippen molar-refractivity contribution in [3.8, 4) is 0 Å². The van der Waals surface area contributed by atoms with Crippen LogP contribution in [-0.2, 0) is 29.6 Å². The number of carbonyl (C=O) groups is 2. The van der Waals surface area contributed by atoms with Crippen LogP contribution < -0.4 is 10.0 Å². The molecule has 0 aliphatic carbocycles. The predicted molar refractivity (Wildman–Crippen MR) is 137 cm³/mol. The van der Waals surface area contributed by atoms with Gasteiger partial charge in [0.1, 0.15) is 4.21 Å². The lowest BCUT2D eigenvalue weighted by atomic mass is 10.2. The average molecular weight is 552 g/mol. The second kappa shape index (κ2) is 10.8. The highest BCUT2D eigenvalue weighted by Crippen LogP contribution is 2.25. The van der Waals surface area contributed by atoms with Gasteiger partial charge >= 0.3 is 5.97 Å². The highest BCUT2D eigenvalue weighted by atomic mass is 32.2. The number of amides is 1. The van der Waals surface area contributed by atoms with Gasteiger partial charge < -0.3 is 10.1 Å². The van der Waals surface area contributed by atoms with Crippen molar-refractivity contribution in [1.82, 2.24) is 4.31 Å². The summed E-state index contributed by atoms with van der Waals surface area (Å²) in [6.45, 7) is 3.04. The summed E-state index contributed by atoms with van der Waals surface area (Å²) in [5.74, 6) is -1.61. The fourth-order valence-electron chi connectivity index (χ4n) is 2.98. The third-order valence-electron chi connectivity index (χ3n) is 5.05. The zero-order chi connectivity index (χ0) is 26.7. The molecule has 0 bridgehead atoms. The van der Waals surface area contributed by atoms with Crippen LogP contribution in [0.1, 0.15) is 22.8 Å². The van der Waals surface area contributed by atoms with E-state index < -0.39 is 38.0 Å². The zero-order valence-corrected chi connectivity index (χ0v) is 22.3. The minimum absolute atomic E-state index is 0.000876. The Hall–Kier alpha value is -3.26. The third-order valence-corrected chi connectivity index (χ3v) is 9.62. The topological polar surface area (TPSA) is 139 Å². The van der Waals surface area contributed by atoms with Gasteiger partial charge in [0.15, 0.2) is 6.10 Å². The van der Waals surface area contributed by atoms with Crippen molar-refractivity contribution in [2.75, 3.05) is 24.1 Å². The monoisotopic (exact) mass is 551 g/mol. The van der Waals surface area contributed by atoms with Gasteiger partial charge in [-0.3, -0.25) is 9.52 Å². The molecule has 2 aromatic carbocycles. The third kappa shape index (κ3) is 6.10. The SMILES string of the molecule is Cc1ccc(S(=O)(=O)N(C)C)cc1NC(=O)[C@H](C)OC(=O)c1ccccc1NS(=O)(=O)c1cccs1. The first-order valence-corrected chi connectivity index (χ1v) is 14.3. The van der Waals surface area contributed by atoms with Crippen LogP contribution in [0.15, 0.2) is 69.1 Å². The number of anilines is 2. The van der Waals surface area contributed by atoms with E-state index in [2.05, 4.69) is 10.0 Å². The van der Waals surface area contributed by atoms with E-state index in [9.17, 15) is 26.4 Å². The molecule has 0 radical (unpaired) electrons. The summed E-state index contributed by atoms with van der Waals surface area (Å²) in [4.78, 5) is 25.5. The Kier molecular flexibility index (Phi) is 8.19. The Morgan fingerprint density at radius 2 is 1.67 bits per heavy atom. The smallest absolute Gasteiger partial charge is 0.341 e. The first kappa shape index (κ1) is 27.3. The Bertz CT molecular complexity index is 1480. The minimum atomic E-state index is -3.91. The Morgan fingerprint density at radius 1 is 0.972 bits per heavy atom. The summed E-state index contributed by atoms with van der Waals surface area (Å²) in [6.07, 6.45) is -1.27. The van der Waals surface area contributed by atoms with E-state index >= 15 is 0 Å². The number of thiophene rings is 1. The summed E-state index contributed by atoms with van der Waals surface area (Å²) < 4.78 is 58.8. The summed E-state index contributed by atoms with van der Waals surface area (Å²) in [5.41, 5.74) is 0.774. The predicted octanol–water partition coefficient (Wildman–Crippen LogP) is 3.29. The number of sulfonamides is 2. The number of aryl methyl sites for hydroxylation is 1. The summed E-state index contributed by atoms with van der Waals surface area (Å²) in [7, 11) is -4.84. The highest BCUT2D eigenvalue weighted by molar-refractivity contribution is 7.94. The van der Waals surface area contributed by atoms with E-state index in [-0.39, 0.29) is 26.0 Å². The van der Waals surface area contributed by atoms with Gasteiger partial charge in [0.25, 0.3) is 15.9 Å². The number of nitrogens with one attached hydrogen (secondary N) is 2. The molecule has 13 heteroatoms. The fourth-order valence-corrected chi connectivity index (χ4v) is 5.98. The molecule has 0 fully saturated rings. The van der Waals surface area contributed by atoms with Crippen molar-refractivity contribution >= 4 is 54.6 Å². The van der Waals surface area contributed by atoms with Crippen LogP contribution in [0.4, 0.5) is 11.4 Å². The normalized spacial score (nSPS) is 12.7. The Balaban J connectivity index is 1.76. The molecule has 0 aliphatic heterocycles. The van der Waals surface area contributed by atoms with E-state index in [1.165, 1.54) is 57.4 Å². The van der Waals surface area contributed by atoms with Crippen LogP contribution in [0.25, 0.3) is 0 Å². The van der Waals surface area contributed by atoms with Gasteiger partial charge in [0, 0.05) is 19.8 Å². The highest BCUT2D eigenvalue weighted by Gasteiger charge is 2.25. The van der Waals surface area contributed by atoms with Crippen molar-refractivity contribution in [1.29, 1.82) is 0 Å². The van der Waals surface area contributed by atoms with E-state index in [4.69, 9.17) is 4.74 Å². The number of carbonyl (C=O) groups excluding carboxylic acids is 2. The largest absolute Gasteiger partial charge is 0.449 e. The lowest BCUT2D eigenvalue weighted by molar-refractivity contribution is -0.123. The van der Waals surface area contributed by atoms with Gasteiger partial charge in [0.2, 0.25) is 10.0 Å². The maximum Gasteiger partial charge on any atom is 0.341 e. The van der Waals surface area contributed by atoms with Crippen molar-refractivity contribution in [2.24, 2.45) is 0 Å². The van der Waals surface area contributed by atoms with E-state index in [1.54, 1.807) is 30.5 Å². The molecule has 36 heavy (non-hydrogen) atoms. The molecule has 1 atom stereocenters. The number of benzene rings is 2. The quantitative estimate of drug-likeness (QED) is 0.389. The maximum absolute atomic E-state index is 12.8. The summed E-state index contributed by atoms with van der Waals surface area (Å²) >= 11 is 1.02. The van der Waals surface area contributed by atoms with Gasteiger partial charge in [0.05, 0.1) is 16.1 Å². The maximum atomic E-state index is 12.8. The van der Waals surface area contributed by atoms with Crippen LogP contribution in [-0.4, -0.2) is 53.2 Å². The van der Waals surface area contributed by atoms with Crippen LogP contribution in [0, 0.1) is 6.92 Å². The molecular formula is C23H25N3O7S3.